The van der Waals surface area contributed by atoms with Crippen molar-refractivity contribution in [3.8, 4) is 5.69 Å². The number of anilines is 1. The topological polar surface area (TPSA) is 155 Å². The molecule has 1 atom stereocenters. The van der Waals surface area contributed by atoms with Gasteiger partial charge in [-0.1, -0.05) is 16.8 Å². The molecule has 188 valence electrons. The van der Waals surface area contributed by atoms with Crippen LogP contribution < -0.4 is 27.6 Å². The van der Waals surface area contributed by atoms with E-state index in [0.717, 1.165) is 10.6 Å². The van der Waals surface area contributed by atoms with Crippen molar-refractivity contribution >= 4 is 45.4 Å². The molecule has 0 saturated heterocycles. The summed E-state index contributed by atoms with van der Waals surface area (Å²) in [5, 5.41) is 9.05. The van der Waals surface area contributed by atoms with Crippen LogP contribution in [0.5, 0.6) is 0 Å². The van der Waals surface area contributed by atoms with E-state index < -0.39 is 34.8 Å². The number of nitrogens with one attached hydrogen (secondary N) is 4. The number of nitrogens with zero attached hydrogens (tertiary/aromatic N) is 2. The number of aromatic nitrogens is 4. The van der Waals surface area contributed by atoms with Crippen molar-refractivity contribution in [2.24, 2.45) is 0 Å². The molecule has 0 bridgehead atoms. The van der Waals surface area contributed by atoms with Gasteiger partial charge in [-0.2, -0.15) is 0 Å². The van der Waals surface area contributed by atoms with Gasteiger partial charge in [0.15, 0.2) is 5.82 Å². The Bertz CT molecular complexity index is 1820. The molecule has 0 spiro atoms. The van der Waals surface area contributed by atoms with Crippen molar-refractivity contribution in [1.29, 1.82) is 0 Å². The molecule has 1 unspecified atom stereocenters. The lowest BCUT2D eigenvalue weighted by Gasteiger charge is -2.14. The van der Waals surface area contributed by atoms with E-state index >= 15 is 0 Å². The first-order chi connectivity index (χ1) is 17.7. The van der Waals surface area contributed by atoms with Crippen LogP contribution in [-0.4, -0.2) is 32.6 Å². The molecule has 3 heterocycles. The van der Waals surface area contributed by atoms with Gasteiger partial charge in [0.2, 0.25) is 0 Å². The van der Waals surface area contributed by atoms with Crippen LogP contribution in [0, 0.1) is 5.82 Å². The van der Waals surface area contributed by atoms with E-state index in [1.54, 1.807) is 12.1 Å². The van der Waals surface area contributed by atoms with Gasteiger partial charge in [0.05, 0.1) is 26.6 Å². The third-order valence-corrected chi connectivity index (χ3v) is 6.82. The van der Waals surface area contributed by atoms with Gasteiger partial charge in [-0.15, -0.1) is 11.3 Å². The molecule has 0 aliphatic rings. The average Bonchev–Trinajstić information content (AvgIpc) is 3.51. The fourth-order valence-corrected chi connectivity index (χ4v) is 4.88. The Morgan fingerprint density at radius 1 is 1.14 bits per heavy atom. The van der Waals surface area contributed by atoms with Gasteiger partial charge in [-0.3, -0.25) is 19.1 Å². The van der Waals surface area contributed by atoms with Crippen LogP contribution in [0.3, 0.4) is 0 Å². The smallest absolute Gasteiger partial charge is 0.386 e. The van der Waals surface area contributed by atoms with Gasteiger partial charge in [0.25, 0.3) is 11.5 Å². The fourth-order valence-electron chi connectivity index (χ4n) is 3.76. The van der Waals surface area contributed by atoms with E-state index in [1.807, 2.05) is 0 Å². The quantitative estimate of drug-likeness (QED) is 0.257. The van der Waals surface area contributed by atoms with Crippen molar-refractivity contribution in [1.82, 2.24) is 25.0 Å². The van der Waals surface area contributed by atoms with Crippen molar-refractivity contribution in [2.75, 3.05) is 12.4 Å². The number of rotatable bonds is 6. The lowest BCUT2D eigenvalue weighted by Crippen LogP contribution is -2.34. The van der Waals surface area contributed by atoms with E-state index in [9.17, 15) is 23.6 Å². The first-order valence-corrected chi connectivity index (χ1v) is 11.8. The molecule has 5 rings (SSSR count). The summed E-state index contributed by atoms with van der Waals surface area (Å²) in [6, 6.07) is 10.5. The molecule has 0 aliphatic heterocycles. The van der Waals surface area contributed by atoms with Gasteiger partial charge in [-0.05, 0) is 48.5 Å². The van der Waals surface area contributed by atoms with Crippen molar-refractivity contribution in [3.05, 3.63) is 106 Å². The van der Waals surface area contributed by atoms with E-state index in [1.165, 1.54) is 48.7 Å². The first kappa shape index (κ1) is 24.2. The predicted octanol–water partition coefficient (Wildman–Crippen LogP) is 2.77. The largest absolute Gasteiger partial charge is 0.438 e. The van der Waals surface area contributed by atoms with Gasteiger partial charge >= 0.3 is 11.4 Å². The first-order valence-electron chi connectivity index (χ1n) is 10.6. The Labute approximate surface area is 214 Å². The van der Waals surface area contributed by atoms with Crippen LogP contribution in [0.1, 0.15) is 27.1 Å². The number of H-pyrrole nitrogens is 2. The van der Waals surface area contributed by atoms with Gasteiger partial charge < -0.3 is 15.6 Å². The molecule has 1 amide bonds. The summed E-state index contributed by atoms with van der Waals surface area (Å²) in [4.78, 5) is 55.7. The van der Waals surface area contributed by atoms with E-state index in [4.69, 9.17) is 11.6 Å². The van der Waals surface area contributed by atoms with E-state index in [-0.39, 0.29) is 33.7 Å². The minimum absolute atomic E-state index is 0.0167. The average molecular weight is 543 g/mol. The summed E-state index contributed by atoms with van der Waals surface area (Å²) in [5.74, 6) is -1.88. The maximum atomic E-state index is 14.2. The highest BCUT2D eigenvalue weighted by Crippen LogP contribution is 2.29. The lowest BCUT2D eigenvalue weighted by molar-refractivity contribution is 0.0941. The van der Waals surface area contributed by atoms with E-state index in [2.05, 4.69) is 30.3 Å². The minimum Gasteiger partial charge on any atom is -0.386 e. The molecule has 0 saturated carbocycles. The van der Waals surface area contributed by atoms with Crippen molar-refractivity contribution in [3.63, 3.8) is 0 Å². The van der Waals surface area contributed by atoms with Gasteiger partial charge in [-0.25, -0.2) is 18.5 Å². The zero-order valence-electron chi connectivity index (χ0n) is 18.8. The predicted molar refractivity (Wildman–Crippen MR) is 135 cm³/mol. The summed E-state index contributed by atoms with van der Waals surface area (Å²) in [6.45, 7) is 0. The summed E-state index contributed by atoms with van der Waals surface area (Å²) in [7, 11) is 1.52. The Hall–Kier alpha value is -4.49. The number of halogens is 2. The molecule has 0 aliphatic carbocycles. The lowest BCUT2D eigenvalue weighted by atomic mass is 10.1. The Morgan fingerprint density at radius 2 is 1.89 bits per heavy atom. The SMILES string of the molecule is CNc1cc2[nH]c(=O)n(-c3ccc(C(=O)NC(c4noc(=O)[nH]4)c4ccc(Cl)s4)cc3)c(=O)c2cc1F. The fraction of sp³-hybridized carbons (Fsp3) is 0.0870. The number of hydrogen-bond acceptors (Lipinski definition) is 8. The summed E-state index contributed by atoms with van der Waals surface area (Å²) in [6.07, 6.45) is 0. The third kappa shape index (κ3) is 4.57. The number of carbonyl (C=O) groups is 1. The highest BCUT2D eigenvalue weighted by atomic mass is 35.5. The zero-order chi connectivity index (χ0) is 26.3. The monoisotopic (exact) mass is 542 g/mol. The second kappa shape index (κ2) is 9.52. The number of benzene rings is 2. The molecule has 37 heavy (non-hydrogen) atoms. The maximum Gasteiger partial charge on any atom is 0.438 e. The number of fused-ring (bicyclic) bond motifs is 1. The number of hydrogen-bond donors (Lipinski definition) is 4. The standard InChI is InChI=1S/C23H16ClFN6O5S/c1-26-15-9-14-12(8-13(15)25)21(33)31(22(34)27-14)11-4-2-10(3-5-11)20(32)28-18(16-6-7-17(24)37-16)19-29-23(35)36-30-19/h2-9,18,26H,1H3,(H,27,34)(H,28,32)(H,29,30,35). The highest BCUT2D eigenvalue weighted by Gasteiger charge is 2.24. The molecule has 2 aromatic carbocycles. The minimum atomic E-state index is -0.848. The molecule has 11 nitrogen and oxygen atoms in total. The number of carbonyl (C=O) groups excluding carboxylic acids is 1. The molecule has 4 N–H and O–H groups in total. The van der Waals surface area contributed by atoms with Crippen LogP contribution in [0.25, 0.3) is 16.6 Å². The molecule has 5 aromatic rings. The second-order valence-electron chi connectivity index (χ2n) is 7.77. The molecule has 0 radical (unpaired) electrons. The van der Waals surface area contributed by atoms with Gasteiger partial charge in [0.1, 0.15) is 11.9 Å². The zero-order valence-corrected chi connectivity index (χ0v) is 20.4. The molecular formula is C23H16ClFN6O5S. The Morgan fingerprint density at radius 3 is 2.51 bits per heavy atom. The molecule has 3 aromatic heterocycles. The van der Waals surface area contributed by atoms with Crippen LogP contribution in [0.2, 0.25) is 4.34 Å². The second-order valence-corrected chi connectivity index (χ2v) is 9.52. The highest BCUT2D eigenvalue weighted by molar-refractivity contribution is 7.16. The third-order valence-electron chi connectivity index (χ3n) is 5.53. The van der Waals surface area contributed by atoms with E-state index in [0.29, 0.717) is 9.21 Å². The van der Waals surface area contributed by atoms with Gasteiger partial charge in [0, 0.05) is 17.5 Å². The normalized spacial score (nSPS) is 12.0. The van der Waals surface area contributed by atoms with Crippen LogP contribution in [-0.2, 0) is 0 Å². The number of amides is 1. The molecular weight excluding hydrogens is 527 g/mol. The molecule has 0 fully saturated rings. The summed E-state index contributed by atoms with van der Waals surface area (Å²) < 4.78 is 20.1. The van der Waals surface area contributed by atoms with Crippen molar-refractivity contribution in [2.45, 2.75) is 6.04 Å². The van der Waals surface area contributed by atoms with Crippen LogP contribution >= 0.6 is 22.9 Å². The van der Waals surface area contributed by atoms with Crippen LogP contribution in [0.15, 0.2) is 67.4 Å². The maximum absolute atomic E-state index is 14.2. The summed E-state index contributed by atoms with van der Waals surface area (Å²) >= 11 is 7.21. The molecule has 14 heteroatoms. The van der Waals surface area contributed by atoms with Crippen LogP contribution in [0.4, 0.5) is 10.1 Å². The Kier molecular flexibility index (Phi) is 6.23. The summed E-state index contributed by atoms with van der Waals surface area (Å²) in [5.41, 5.74) is -0.773. The number of aromatic amines is 2. The number of thiophene rings is 1. The Balaban J connectivity index is 1.47. The van der Waals surface area contributed by atoms with Crippen molar-refractivity contribution < 1.29 is 13.7 Å².